The average Bonchev–Trinajstić information content (AvgIpc) is 2.14. The van der Waals surface area contributed by atoms with Crippen molar-refractivity contribution in [2.75, 3.05) is 0 Å². The lowest BCUT2D eigenvalue weighted by Crippen LogP contribution is -2.45. The summed E-state index contributed by atoms with van der Waals surface area (Å²) in [5.74, 6) is -0.918. The third-order valence-corrected chi connectivity index (χ3v) is 1.83. The molecular formula is C9H16O5. The minimum atomic E-state index is -1.77. The summed E-state index contributed by atoms with van der Waals surface area (Å²) in [5, 5.41) is 36.4. The average molecular weight is 204 g/mol. The first kappa shape index (κ1) is 13.2. The molecule has 5 nitrogen and oxygen atoms in total. The van der Waals surface area contributed by atoms with Crippen LogP contribution in [0.15, 0.2) is 12.7 Å². The number of Topliss-reactive ketones (excluding diaryl/α,β-unsaturated/α-hetero) is 1. The van der Waals surface area contributed by atoms with Gasteiger partial charge in [-0.25, -0.2) is 0 Å². The Hall–Kier alpha value is -0.750. The second kappa shape index (κ2) is 5.87. The van der Waals surface area contributed by atoms with Crippen LogP contribution < -0.4 is 0 Å². The predicted molar refractivity (Wildman–Crippen MR) is 49.5 cm³/mol. The molecule has 0 aromatic carbocycles. The van der Waals surface area contributed by atoms with Crippen LogP contribution in [0.1, 0.15) is 13.3 Å². The van der Waals surface area contributed by atoms with Gasteiger partial charge in [0.1, 0.15) is 18.3 Å². The Morgan fingerprint density at radius 1 is 1.36 bits per heavy atom. The van der Waals surface area contributed by atoms with Gasteiger partial charge in [-0.3, -0.25) is 4.79 Å². The molecule has 0 heterocycles. The summed E-state index contributed by atoms with van der Waals surface area (Å²) in [5.41, 5.74) is 0. The molecule has 0 aliphatic heterocycles. The lowest BCUT2D eigenvalue weighted by molar-refractivity contribution is -0.145. The number of carbonyl (C=O) groups excluding carboxylic acids is 1. The van der Waals surface area contributed by atoms with Gasteiger partial charge in [0, 0.05) is 0 Å². The van der Waals surface area contributed by atoms with Crippen LogP contribution in [0.3, 0.4) is 0 Å². The van der Waals surface area contributed by atoms with Crippen molar-refractivity contribution in [2.24, 2.45) is 0 Å². The number of ketones is 1. The minimum absolute atomic E-state index is 0.00240. The maximum atomic E-state index is 11.2. The van der Waals surface area contributed by atoms with Gasteiger partial charge in [0.25, 0.3) is 0 Å². The molecule has 0 fully saturated rings. The smallest absolute Gasteiger partial charge is 0.192 e. The van der Waals surface area contributed by atoms with E-state index in [1.54, 1.807) is 0 Å². The maximum absolute atomic E-state index is 11.2. The van der Waals surface area contributed by atoms with Gasteiger partial charge in [-0.05, 0) is 13.3 Å². The van der Waals surface area contributed by atoms with Crippen LogP contribution in [0, 0.1) is 0 Å². The summed E-state index contributed by atoms with van der Waals surface area (Å²) in [6.45, 7) is 4.55. The molecule has 0 rings (SSSR count). The summed E-state index contributed by atoms with van der Waals surface area (Å²) in [4.78, 5) is 11.2. The molecule has 4 atom stereocenters. The van der Waals surface area contributed by atoms with Crippen molar-refractivity contribution in [1.29, 1.82) is 0 Å². The van der Waals surface area contributed by atoms with Gasteiger partial charge in [0.2, 0.25) is 0 Å². The van der Waals surface area contributed by atoms with E-state index in [0.29, 0.717) is 0 Å². The van der Waals surface area contributed by atoms with E-state index < -0.39 is 30.2 Å². The molecule has 0 saturated heterocycles. The fraction of sp³-hybridized carbons (Fsp3) is 0.667. The van der Waals surface area contributed by atoms with Crippen molar-refractivity contribution in [3.63, 3.8) is 0 Å². The molecule has 0 saturated carbocycles. The second-order valence-electron chi connectivity index (χ2n) is 3.12. The van der Waals surface area contributed by atoms with Crippen molar-refractivity contribution < 1.29 is 25.2 Å². The maximum Gasteiger partial charge on any atom is 0.192 e. The van der Waals surface area contributed by atoms with Gasteiger partial charge < -0.3 is 20.4 Å². The number of carbonyl (C=O) groups is 1. The summed E-state index contributed by atoms with van der Waals surface area (Å²) in [7, 11) is 0. The van der Waals surface area contributed by atoms with Crippen molar-refractivity contribution >= 4 is 5.78 Å². The first-order valence-corrected chi connectivity index (χ1v) is 4.28. The van der Waals surface area contributed by atoms with Gasteiger partial charge in [-0.15, -0.1) is 6.58 Å². The molecule has 14 heavy (non-hydrogen) atoms. The van der Waals surface area contributed by atoms with Crippen LogP contribution in [0.4, 0.5) is 0 Å². The SMILES string of the molecule is C=CCC(O)C(=O)[C@@H](O)[C@@H](O)[C@@H](C)O. The third-order valence-electron chi connectivity index (χ3n) is 1.83. The van der Waals surface area contributed by atoms with E-state index in [9.17, 15) is 9.90 Å². The predicted octanol–water partition coefficient (Wildman–Crippen LogP) is -1.40. The van der Waals surface area contributed by atoms with Crippen LogP contribution in [0.5, 0.6) is 0 Å². The monoisotopic (exact) mass is 204 g/mol. The van der Waals surface area contributed by atoms with E-state index in [1.807, 2.05) is 0 Å². The van der Waals surface area contributed by atoms with Crippen LogP contribution in [-0.2, 0) is 4.79 Å². The molecule has 5 heteroatoms. The molecule has 0 spiro atoms. The Labute approximate surface area is 82.3 Å². The Morgan fingerprint density at radius 2 is 1.86 bits per heavy atom. The van der Waals surface area contributed by atoms with Crippen molar-refractivity contribution in [3.8, 4) is 0 Å². The topological polar surface area (TPSA) is 98.0 Å². The van der Waals surface area contributed by atoms with E-state index in [4.69, 9.17) is 15.3 Å². The Bertz CT molecular complexity index is 201. The summed E-state index contributed by atoms with van der Waals surface area (Å²) >= 11 is 0. The highest BCUT2D eigenvalue weighted by atomic mass is 16.4. The zero-order valence-corrected chi connectivity index (χ0v) is 8.00. The van der Waals surface area contributed by atoms with Gasteiger partial charge in [0.15, 0.2) is 5.78 Å². The quantitative estimate of drug-likeness (QED) is 0.399. The first-order chi connectivity index (χ1) is 6.41. The summed E-state index contributed by atoms with van der Waals surface area (Å²) < 4.78 is 0. The van der Waals surface area contributed by atoms with Crippen LogP contribution in [-0.4, -0.2) is 50.6 Å². The van der Waals surface area contributed by atoms with E-state index in [2.05, 4.69) is 6.58 Å². The Morgan fingerprint density at radius 3 is 2.21 bits per heavy atom. The number of hydrogen-bond acceptors (Lipinski definition) is 5. The Balaban J connectivity index is 4.30. The fourth-order valence-electron chi connectivity index (χ4n) is 0.903. The second-order valence-corrected chi connectivity index (χ2v) is 3.12. The number of aliphatic hydroxyl groups is 4. The number of hydrogen-bond donors (Lipinski definition) is 4. The first-order valence-electron chi connectivity index (χ1n) is 4.28. The molecule has 0 aliphatic carbocycles. The van der Waals surface area contributed by atoms with Crippen molar-refractivity contribution in [2.45, 2.75) is 37.8 Å². The highest BCUT2D eigenvalue weighted by molar-refractivity contribution is 5.87. The fourth-order valence-corrected chi connectivity index (χ4v) is 0.903. The van der Waals surface area contributed by atoms with E-state index >= 15 is 0 Å². The lowest BCUT2D eigenvalue weighted by atomic mass is 10.00. The standard InChI is InChI=1S/C9H16O5/c1-3-4-6(11)8(13)9(14)7(12)5(2)10/h3,5-7,9-12,14H,1,4H2,2H3/t5-,6?,7+,9+/m1/s1. The van der Waals surface area contributed by atoms with E-state index in [1.165, 1.54) is 13.0 Å². The molecule has 0 amide bonds. The minimum Gasteiger partial charge on any atom is -0.391 e. The lowest BCUT2D eigenvalue weighted by Gasteiger charge is -2.20. The molecule has 0 aromatic heterocycles. The molecule has 1 unspecified atom stereocenters. The molecule has 82 valence electrons. The number of aliphatic hydroxyl groups excluding tert-OH is 4. The molecule has 4 N–H and O–H groups in total. The van der Waals surface area contributed by atoms with E-state index in [-0.39, 0.29) is 6.42 Å². The van der Waals surface area contributed by atoms with Gasteiger partial charge >= 0.3 is 0 Å². The zero-order valence-electron chi connectivity index (χ0n) is 8.00. The third kappa shape index (κ3) is 3.55. The van der Waals surface area contributed by atoms with E-state index in [0.717, 1.165) is 0 Å². The number of rotatable bonds is 6. The molecule has 0 bridgehead atoms. The van der Waals surface area contributed by atoms with Gasteiger partial charge in [-0.2, -0.15) is 0 Å². The molecular weight excluding hydrogens is 188 g/mol. The van der Waals surface area contributed by atoms with Crippen molar-refractivity contribution in [3.05, 3.63) is 12.7 Å². The molecule has 0 aromatic rings. The van der Waals surface area contributed by atoms with Crippen molar-refractivity contribution in [1.82, 2.24) is 0 Å². The van der Waals surface area contributed by atoms with Gasteiger partial charge in [-0.1, -0.05) is 6.08 Å². The summed E-state index contributed by atoms with van der Waals surface area (Å²) in [6.07, 6.45) is -4.65. The van der Waals surface area contributed by atoms with Gasteiger partial charge in [0.05, 0.1) is 6.10 Å². The highest BCUT2D eigenvalue weighted by Crippen LogP contribution is 2.05. The highest BCUT2D eigenvalue weighted by Gasteiger charge is 2.31. The Kier molecular flexibility index (Phi) is 5.56. The normalized spacial score (nSPS) is 19.5. The molecule has 0 aliphatic rings. The van der Waals surface area contributed by atoms with Crippen LogP contribution in [0.2, 0.25) is 0 Å². The summed E-state index contributed by atoms with van der Waals surface area (Å²) in [6, 6.07) is 0. The zero-order chi connectivity index (χ0) is 11.3. The van der Waals surface area contributed by atoms with Crippen LogP contribution in [0.25, 0.3) is 0 Å². The van der Waals surface area contributed by atoms with Crippen LogP contribution >= 0.6 is 0 Å². The molecule has 0 radical (unpaired) electrons. The largest absolute Gasteiger partial charge is 0.391 e.